The van der Waals surface area contributed by atoms with Crippen molar-refractivity contribution in [3.63, 3.8) is 0 Å². The lowest BCUT2D eigenvalue weighted by atomic mass is 9.87. The van der Waals surface area contributed by atoms with Crippen LogP contribution in [0, 0.1) is 12.8 Å². The number of anilines is 1. The van der Waals surface area contributed by atoms with Crippen LogP contribution in [0.4, 0.5) is 5.69 Å². The Hall–Kier alpha value is -3.15. The maximum absolute atomic E-state index is 14.3. The van der Waals surface area contributed by atoms with E-state index in [1.54, 1.807) is 27.8 Å². The van der Waals surface area contributed by atoms with E-state index in [-0.39, 0.29) is 6.54 Å². The van der Waals surface area contributed by atoms with Gasteiger partial charge in [-0.15, -0.1) is 11.3 Å². The Morgan fingerprint density at radius 2 is 1.57 bits per heavy atom. The van der Waals surface area contributed by atoms with Crippen molar-refractivity contribution >= 4 is 32.6 Å². The standard InChI is InChI=1S/C32H33NO2S2/c1-25-18-20-29(21-19-25)37(34,35)33(31-16-9-8-15-30(31)27-13-6-3-7-14-27)24-28(32-17-10-22-36-32)23-26-11-4-2-5-12-26/h3,6-10,13-23,26H,2,4-5,11-12,24H2,1H3/b28-23-. The number of rotatable bonds is 8. The van der Waals surface area contributed by atoms with Crippen LogP contribution < -0.4 is 4.31 Å². The van der Waals surface area contributed by atoms with Gasteiger partial charge >= 0.3 is 0 Å². The van der Waals surface area contributed by atoms with Crippen LogP contribution >= 0.6 is 11.3 Å². The minimum Gasteiger partial charge on any atom is -0.261 e. The van der Waals surface area contributed by atoms with E-state index in [9.17, 15) is 8.42 Å². The molecule has 4 aromatic rings. The van der Waals surface area contributed by atoms with E-state index in [0.29, 0.717) is 16.5 Å². The molecule has 1 fully saturated rings. The summed E-state index contributed by atoms with van der Waals surface area (Å²) in [5, 5.41) is 2.07. The highest BCUT2D eigenvalue weighted by Crippen LogP contribution is 2.37. The summed E-state index contributed by atoms with van der Waals surface area (Å²) < 4.78 is 30.3. The van der Waals surface area contributed by atoms with Crippen LogP contribution in [-0.4, -0.2) is 15.0 Å². The molecule has 5 heteroatoms. The number of para-hydroxylation sites is 1. The highest BCUT2D eigenvalue weighted by atomic mass is 32.2. The SMILES string of the molecule is Cc1ccc(S(=O)(=O)N(C/C(=C/C2CCCCC2)c2cccs2)c2ccccc2-c2ccccc2)cc1. The van der Waals surface area contributed by atoms with E-state index >= 15 is 0 Å². The third kappa shape index (κ3) is 5.89. The van der Waals surface area contributed by atoms with E-state index in [0.717, 1.165) is 27.1 Å². The normalized spacial score (nSPS) is 15.0. The number of allylic oxidation sites excluding steroid dienone is 1. The van der Waals surface area contributed by atoms with Crippen molar-refractivity contribution in [2.24, 2.45) is 5.92 Å². The zero-order valence-corrected chi connectivity index (χ0v) is 22.8. The second kappa shape index (κ2) is 11.5. The molecule has 1 aliphatic carbocycles. The molecule has 5 rings (SSSR count). The van der Waals surface area contributed by atoms with Crippen molar-refractivity contribution in [3.05, 3.63) is 113 Å². The molecule has 0 saturated heterocycles. The molecule has 0 aliphatic heterocycles. The van der Waals surface area contributed by atoms with Crippen molar-refractivity contribution in [1.29, 1.82) is 0 Å². The van der Waals surface area contributed by atoms with E-state index in [1.165, 1.54) is 32.1 Å². The van der Waals surface area contributed by atoms with Crippen molar-refractivity contribution in [2.75, 3.05) is 10.8 Å². The first kappa shape index (κ1) is 25.5. The van der Waals surface area contributed by atoms with Gasteiger partial charge in [0, 0.05) is 10.4 Å². The fourth-order valence-corrected chi connectivity index (χ4v) is 7.31. The molecule has 1 aliphatic rings. The van der Waals surface area contributed by atoms with Crippen LogP contribution in [0.2, 0.25) is 0 Å². The molecule has 0 atom stereocenters. The summed E-state index contributed by atoms with van der Waals surface area (Å²) in [6.45, 7) is 2.26. The largest absolute Gasteiger partial charge is 0.264 e. The monoisotopic (exact) mass is 527 g/mol. The zero-order valence-electron chi connectivity index (χ0n) is 21.2. The van der Waals surface area contributed by atoms with E-state index in [2.05, 4.69) is 17.5 Å². The molecule has 190 valence electrons. The van der Waals surface area contributed by atoms with Crippen molar-refractivity contribution in [1.82, 2.24) is 0 Å². The molecule has 0 radical (unpaired) electrons. The van der Waals surface area contributed by atoms with Crippen LogP contribution in [0.25, 0.3) is 16.7 Å². The van der Waals surface area contributed by atoms with Gasteiger partial charge in [-0.3, -0.25) is 4.31 Å². The predicted molar refractivity (Wildman–Crippen MR) is 156 cm³/mol. The molecular weight excluding hydrogens is 494 g/mol. The topological polar surface area (TPSA) is 37.4 Å². The van der Waals surface area contributed by atoms with E-state index < -0.39 is 10.0 Å². The first-order valence-electron chi connectivity index (χ1n) is 13.0. The van der Waals surface area contributed by atoms with Gasteiger partial charge in [-0.25, -0.2) is 8.42 Å². The lowest BCUT2D eigenvalue weighted by Gasteiger charge is -2.29. The first-order chi connectivity index (χ1) is 18.0. The van der Waals surface area contributed by atoms with Crippen LogP contribution in [0.5, 0.6) is 0 Å². The van der Waals surface area contributed by atoms with Crippen LogP contribution in [-0.2, 0) is 10.0 Å². The van der Waals surface area contributed by atoms with E-state index in [4.69, 9.17) is 0 Å². The lowest BCUT2D eigenvalue weighted by molar-refractivity contribution is 0.420. The summed E-state index contributed by atoms with van der Waals surface area (Å²) in [5.41, 5.74) is 4.71. The third-order valence-electron chi connectivity index (χ3n) is 7.10. The summed E-state index contributed by atoms with van der Waals surface area (Å²) in [5.74, 6) is 0.485. The number of hydrogen-bond acceptors (Lipinski definition) is 3. The Balaban J connectivity index is 1.65. The number of hydrogen-bond donors (Lipinski definition) is 0. The smallest absolute Gasteiger partial charge is 0.261 e. The Kier molecular flexibility index (Phi) is 7.92. The van der Waals surface area contributed by atoms with Gasteiger partial charge < -0.3 is 0 Å². The second-order valence-corrected chi connectivity index (χ2v) is 12.6. The Morgan fingerprint density at radius 3 is 2.27 bits per heavy atom. The number of benzene rings is 3. The number of thiophene rings is 1. The predicted octanol–water partition coefficient (Wildman–Crippen LogP) is 8.58. The average molecular weight is 528 g/mol. The molecule has 1 saturated carbocycles. The Bertz CT molecular complexity index is 1430. The maximum atomic E-state index is 14.3. The van der Waals surface area contributed by atoms with Gasteiger partial charge in [-0.1, -0.05) is 97.6 Å². The summed E-state index contributed by atoms with van der Waals surface area (Å²) in [7, 11) is -3.83. The summed E-state index contributed by atoms with van der Waals surface area (Å²) in [6, 6.07) is 29.2. The Morgan fingerprint density at radius 1 is 0.865 bits per heavy atom. The minimum absolute atomic E-state index is 0.289. The van der Waals surface area contributed by atoms with Crippen molar-refractivity contribution in [2.45, 2.75) is 43.9 Å². The maximum Gasteiger partial charge on any atom is 0.264 e. The highest BCUT2D eigenvalue weighted by Gasteiger charge is 2.29. The molecule has 0 amide bonds. The second-order valence-electron chi connectivity index (χ2n) is 9.78. The fraction of sp³-hybridized carbons (Fsp3) is 0.250. The lowest BCUT2D eigenvalue weighted by Crippen LogP contribution is -2.33. The number of sulfonamides is 1. The molecular formula is C32H33NO2S2. The Labute approximate surface area is 225 Å². The van der Waals surface area contributed by atoms with E-state index in [1.807, 2.05) is 79.7 Å². The van der Waals surface area contributed by atoms with Crippen LogP contribution in [0.15, 0.2) is 107 Å². The first-order valence-corrected chi connectivity index (χ1v) is 15.3. The summed E-state index contributed by atoms with van der Waals surface area (Å²) in [4.78, 5) is 1.44. The quantitative estimate of drug-likeness (QED) is 0.230. The van der Waals surface area contributed by atoms with Gasteiger partial charge in [0.05, 0.1) is 17.1 Å². The van der Waals surface area contributed by atoms with Crippen LogP contribution in [0.3, 0.4) is 0 Å². The molecule has 37 heavy (non-hydrogen) atoms. The van der Waals surface area contributed by atoms with Gasteiger partial charge in [0.1, 0.15) is 0 Å². The molecule has 0 unspecified atom stereocenters. The zero-order chi connectivity index (χ0) is 25.7. The number of nitrogens with zero attached hydrogens (tertiary/aromatic N) is 1. The van der Waals surface area contributed by atoms with Crippen molar-refractivity contribution < 1.29 is 8.42 Å². The summed E-state index contributed by atoms with van der Waals surface area (Å²) in [6.07, 6.45) is 8.45. The highest BCUT2D eigenvalue weighted by molar-refractivity contribution is 7.92. The molecule has 3 aromatic carbocycles. The van der Waals surface area contributed by atoms with Gasteiger partial charge in [-0.05, 0) is 66.5 Å². The average Bonchev–Trinajstić information content (AvgIpc) is 3.47. The summed E-state index contributed by atoms with van der Waals surface area (Å²) >= 11 is 1.68. The minimum atomic E-state index is -3.83. The van der Waals surface area contributed by atoms with Gasteiger partial charge in [0.25, 0.3) is 10.0 Å². The van der Waals surface area contributed by atoms with Gasteiger partial charge in [0.2, 0.25) is 0 Å². The fourth-order valence-electron chi connectivity index (χ4n) is 5.10. The molecule has 0 bridgehead atoms. The molecule has 0 spiro atoms. The van der Waals surface area contributed by atoms with Crippen molar-refractivity contribution in [3.8, 4) is 11.1 Å². The molecule has 1 aromatic heterocycles. The molecule has 0 N–H and O–H groups in total. The number of aryl methyl sites for hydroxylation is 1. The molecule has 1 heterocycles. The van der Waals surface area contributed by atoms with Gasteiger partial charge in [-0.2, -0.15) is 0 Å². The third-order valence-corrected chi connectivity index (χ3v) is 9.82. The van der Waals surface area contributed by atoms with Gasteiger partial charge in [0.15, 0.2) is 0 Å². The van der Waals surface area contributed by atoms with Crippen LogP contribution in [0.1, 0.15) is 42.5 Å². The molecule has 3 nitrogen and oxygen atoms in total.